The molecule has 0 aliphatic heterocycles. The monoisotopic (exact) mass is 502 g/mol. The van der Waals surface area contributed by atoms with E-state index in [2.05, 4.69) is 10.6 Å². The first-order chi connectivity index (χ1) is 16.0. The Bertz CT molecular complexity index is 1340. The number of rotatable bonds is 6. The molecule has 0 unspecified atom stereocenters. The van der Waals surface area contributed by atoms with Crippen LogP contribution in [-0.4, -0.2) is 28.9 Å². The molecule has 3 aromatic rings. The van der Waals surface area contributed by atoms with Crippen molar-refractivity contribution in [2.45, 2.75) is 23.6 Å². The third kappa shape index (κ3) is 5.91. The van der Waals surface area contributed by atoms with Crippen LogP contribution in [0.15, 0.2) is 82.6 Å². The molecule has 0 saturated heterocycles. The minimum Gasteiger partial charge on any atom is -0.305 e. The summed E-state index contributed by atoms with van der Waals surface area (Å²) >= 11 is 0. The van der Waals surface area contributed by atoms with Crippen LogP contribution in [0.3, 0.4) is 0 Å². The van der Waals surface area contributed by atoms with Gasteiger partial charge in [-0.25, -0.2) is 35.9 Å². The minimum atomic E-state index is -4.15. The van der Waals surface area contributed by atoms with Gasteiger partial charge in [-0.1, -0.05) is 48.5 Å². The molecule has 3 aromatic carbocycles. The molecule has 0 aliphatic carbocycles. The van der Waals surface area contributed by atoms with Gasteiger partial charge in [0.05, 0.1) is 21.2 Å². The molecule has 0 aliphatic rings. The summed E-state index contributed by atoms with van der Waals surface area (Å²) in [5, 5.41) is 4.69. The molecule has 0 aromatic heterocycles. The predicted molar refractivity (Wildman–Crippen MR) is 127 cm³/mol. The topological polar surface area (TPSA) is 151 Å². The van der Waals surface area contributed by atoms with Crippen molar-refractivity contribution in [1.82, 2.24) is 9.44 Å². The fraction of sp³-hybridized carbons (Fsp3) is 0.0909. The van der Waals surface area contributed by atoms with Gasteiger partial charge in [-0.2, -0.15) is 0 Å². The molecular weight excluding hydrogens is 480 g/mol. The van der Waals surface area contributed by atoms with Crippen molar-refractivity contribution in [3.63, 3.8) is 0 Å². The first-order valence-electron chi connectivity index (χ1n) is 9.87. The number of benzene rings is 3. The number of hydrogen-bond donors (Lipinski definition) is 4. The van der Waals surface area contributed by atoms with Gasteiger partial charge in [0.25, 0.3) is 20.0 Å². The Balaban J connectivity index is 1.72. The number of anilines is 2. The van der Waals surface area contributed by atoms with E-state index in [0.29, 0.717) is 11.1 Å². The van der Waals surface area contributed by atoms with E-state index in [-0.39, 0.29) is 21.2 Å². The summed E-state index contributed by atoms with van der Waals surface area (Å²) < 4.78 is 53.9. The van der Waals surface area contributed by atoms with Crippen molar-refractivity contribution in [1.29, 1.82) is 0 Å². The summed E-state index contributed by atoms with van der Waals surface area (Å²) in [5.41, 5.74) is 1.000. The molecule has 3 rings (SSSR count). The third-order valence-electron chi connectivity index (χ3n) is 4.64. The van der Waals surface area contributed by atoms with Crippen LogP contribution < -0.4 is 20.1 Å². The average molecular weight is 503 g/mol. The van der Waals surface area contributed by atoms with Crippen LogP contribution in [-0.2, 0) is 20.0 Å². The van der Waals surface area contributed by atoms with E-state index in [0.717, 1.165) is 0 Å². The Hall–Kier alpha value is -3.90. The van der Waals surface area contributed by atoms with E-state index >= 15 is 0 Å². The van der Waals surface area contributed by atoms with Gasteiger partial charge < -0.3 is 10.6 Å². The van der Waals surface area contributed by atoms with Gasteiger partial charge in [-0.15, -0.1) is 0 Å². The van der Waals surface area contributed by atoms with Crippen LogP contribution in [0.2, 0.25) is 0 Å². The third-order valence-corrected chi connectivity index (χ3v) is 7.63. The van der Waals surface area contributed by atoms with Crippen LogP contribution in [0.1, 0.15) is 11.1 Å². The molecule has 0 fully saturated rings. The standard InChI is InChI=1S/C22H22N4O6S2/c1-15-9-3-7-13-19(15)33(29,30)25-21(27)23-17-11-5-6-12-18(17)24-22(28)26-34(31,32)20-14-8-4-10-16(20)2/h3-14H,1-2H3,(H2,23,25,27)(H2,24,26,28). The number of urea groups is 2. The van der Waals surface area contributed by atoms with Gasteiger partial charge >= 0.3 is 12.1 Å². The number of aryl methyl sites for hydroxylation is 2. The Morgan fingerprint density at radius 3 is 1.24 bits per heavy atom. The van der Waals surface area contributed by atoms with Crippen molar-refractivity contribution in [3.05, 3.63) is 83.9 Å². The van der Waals surface area contributed by atoms with E-state index in [1.807, 2.05) is 9.44 Å². The zero-order chi connectivity index (χ0) is 24.9. The summed E-state index contributed by atoms with van der Waals surface area (Å²) in [5.74, 6) is 0. The molecule has 0 spiro atoms. The van der Waals surface area contributed by atoms with Gasteiger partial charge in [-0.05, 0) is 49.2 Å². The second-order valence-corrected chi connectivity index (χ2v) is 10.5. The smallest absolute Gasteiger partial charge is 0.305 e. The van der Waals surface area contributed by atoms with Crippen LogP contribution in [0.25, 0.3) is 0 Å². The Labute approximate surface area is 197 Å². The molecule has 0 bridgehead atoms. The van der Waals surface area contributed by atoms with Crippen LogP contribution in [0.4, 0.5) is 21.0 Å². The van der Waals surface area contributed by atoms with Crippen molar-refractivity contribution in [2.75, 3.05) is 10.6 Å². The maximum absolute atomic E-state index is 12.5. The van der Waals surface area contributed by atoms with Crippen LogP contribution in [0.5, 0.6) is 0 Å². The SMILES string of the molecule is Cc1ccccc1S(=O)(=O)NC(=O)Nc1ccccc1NC(=O)NS(=O)(=O)c1ccccc1C. The Kier molecular flexibility index (Phi) is 7.23. The van der Waals surface area contributed by atoms with E-state index in [9.17, 15) is 26.4 Å². The molecule has 0 saturated carbocycles. The second-order valence-electron chi connectivity index (χ2n) is 7.20. The summed E-state index contributed by atoms with van der Waals surface area (Å²) in [7, 11) is -8.29. The fourth-order valence-corrected chi connectivity index (χ4v) is 5.38. The first-order valence-corrected chi connectivity index (χ1v) is 12.8. The molecule has 0 radical (unpaired) electrons. The summed E-state index contributed by atoms with van der Waals surface area (Å²) in [6.07, 6.45) is 0. The van der Waals surface area contributed by atoms with Crippen molar-refractivity contribution in [3.8, 4) is 0 Å². The molecule has 4 amide bonds. The van der Waals surface area contributed by atoms with E-state index in [1.165, 1.54) is 36.4 Å². The van der Waals surface area contributed by atoms with Gasteiger partial charge in [0.2, 0.25) is 0 Å². The largest absolute Gasteiger partial charge is 0.333 e. The van der Waals surface area contributed by atoms with E-state index in [1.54, 1.807) is 50.2 Å². The minimum absolute atomic E-state index is 0.0448. The van der Waals surface area contributed by atoms with E-state index in [4.69, 9.17) is 0 Å². The van der Waals surface area contributed by atoms with E-state index < -0.39 is 32.1 Å². The fourth-order valence-electron chi connectivity index (χ4n) is 3.07. The van der Waals surface area contributed by atoms with Gasteiger partial charge in [0, 0.05) is 0 Å². The second kappa shape index (κ2) is 9.93. The van der Waals surface area contributed by atoms with Gasteiger partial charge in [0.1, 0.15) is 0 Å². The maximum atomic E-state index is 12.5. The summed E-state index contributed by atoms with van der Waals surface area (Å²) in [6.45, 7) is 3.19. The van der Waals surface area contributed by atoms with Crippen molar-refractivity contribution >= 4 is 43.5 Å². The number of nitrogens with one attached hydrogen (secondary N) is 4. The predicted octanol–water partition coefficient (Wildman–Crippen LogP) is 3.32. The lowest BCUT2D eigenvalue weighted by molar-refractivity contribution is 0.255. The summed E-state index contributed by atoms with van der Waals surface area (Å²) in [6, 6.07) is 16.1. The van der Waals surface area contributed by atoms with Crippen LogP contribution >= 0.6 is 0 Å². The highest BCUT2D eigenvalue weighted by Gasteiger charge is 2.22. The number of hydrogen-bond acceptors (Lipinski definition) is 6. The lowest BCUT2D eigenvalue weighted by atomic mass is 10.2. The van der Waals surface area contributed by atoms with Crippen LogP contribution in [0, 0.1) is 13.8 Å². The molecule has 0 heterocycles. The highest BCUT2D eigenvalue weighted by Crippen LogP contribution is 2.22. The quantitative estimate of drug-likeness (QED) is 0.406. The molecule has 0 atom stereocenters. The average Bonchev–Trinajstić information content (AvgIpc) is 2.74. The van der Waals surface area contributed by atoms with Gasteiger partial charge in [0.15, 0.2) is 0 Å². The number of sulfonamides is 2. The first kappa shape index (κ1) is 24.7. The number of carbonyl (C=O) groups is 2. The number of amides is 4. The summed E-state index contributed by atoms with van der Waals surface area (Å²) in [4.78, 5) is 24.6. The number of para-hydroxylation sites is 2. The maximum Gasteiger partial charge on any atom is 0.333 e. The highest BCUT2D eigenvalue weighted by molar-refractivity contribution is 7.90. The number of carbonyl (C=O) groups excluding carboxylic acids is 2. The Morgan fingerprint density at radius 2 is 0.882 bits per heavy atom. The molecule has 12 heteroatoms. The lowest BCUT2D eigenvalue weighted by Gasteiger charge is -2.14. The highest BCUT2D eigenvalue weighted by atomic mass is 32.2. The molecule has 34 heavy (non-hydrogen) atoms. The molecule has 178 valence electrons. The van der Waals surface area contributed by atoms with Gasteiger partial charge in [-0.3, -0.25) is 0 Å². The lowest BCUT2D eigenvalue weighted by Crippen LogP contribution is -2.36. The van der Waals surface area contributed by atoms with Crippen molar-refractivity contribution in [2.24, 2.45) is 0 Å². The zero-order valence-electron chi connectivity index (χ0n) is 18.2. The molecule has 10 nitrogen and oxygen atoms in total. The van der Waals surface area contributed by atoms with Crippen molar-refractivity contribution < 1.29 is 26.4 Å². The molecule has 4 N–H and O–H groups in total. The normalized spacial score (nSPS) is 11.4. The Morgan fingerprint density at radius 1 is 0.559 bits per heavy atom. The zero-order valence-corrected chi connectivity index (χ0v) is 19.8. The molecular formula is C22H22N4O6S2.